The molecule has 0 spiro atoms. The minimum absolute atomic E-state index is 0.703. The van der Waals surface area contributed by atoms with Gasteiger partial charge >= 0.3 is 0 Å². The van der Waals surface area contributed by atoms with E-state index in [1.165, 1.54) is 35.0 Å². The molecule has 0 atom stereocenters. The first kappa shape index (κ1) is 20.6. The van der Waals surface area contributed by atoms with Gasteiger partial charge in [-0.3, -0.25) is 14.3 Å². The van der Waals surface area contributed by atoms with Crippen LogP contribution in [0, 0.1) is 5.92 Å². The number of hydrogen-bond acceptors (Lipinski definition) is 5. The number of nitrogens with one attached hydrogen (secondary N) is 1. The molecule has 7 nitrogen and oxygen atoms in total. The van der Waals surface area contributed by atoms with Gasteiger partial charge in [-0.15, -0.1) is 0 Å². The van der Waals surface area contributed by atoms with Crippen molar-refractivity contribution in [1.82, 2.24) is 34.8 Å². The summed E-state index contributed by atoms with van der Waals surface area (Å²) >= 11 is 0. The lowest BCUT2D eigenvalue weighted by molar-refractivity contribution is 0.309. The van der Waals surface area contributed by atoms with Crippen molar-refractivity contribution >= 4 is 10.8 Å². The van der Waals surface area contributed by atoms with Crippen molar-refractivity contribution in [1.29, 1.82) is 0 Å². The number of nitrogens with zero attached hydrogens (tertiary/aromatic N) is 6. The van der Waals surface area contributed by atoms with Crippen molar-refractivity contribution in [2.24, 2.45) is 13.0 Å². The van der Waals surface area contributed by atoms with Gasteiger partial charge in [0.05, 0.1) is 17.6 Å². The number of piperidine rings is 1. The Labute approximate surface area is 194 Å². The van der Waals surface area contributed by atoms with Gasteiger partial charge in [0.25, 0.3) is 0 Å². The Kier molecular flexibility index (Phi) is 5.23. The zero-order valence-corrected chi connectivity index (χ0v) is 19.5. The van der Waals surface area contributed by atoms with Crippen molar-refractivity contribution in [3.05, 3.63) is 54.1 Å². The van der Waals surface area contributed by atoms with E-state index in [0.29, 0.717) is 5.92 Å². The van der Waals surface area contributed by atoms with E-state index in [1.54, 1.807) is 0 Å². The van der Waals surface area contributed by atoms with Crippen LogP contribution in [0.5, 0.6) is 0 Å². The molecule has 2 aliphatic rings. The van der Waals surface area contributed by atoms with E-state index in [9.17, 15) is 0 Å². The molecule has 4 aromatic rings. The van der Waals surface area contributed by atoms with Gasteiger partial charge in [0.2, 0.25) is 0 Å². The normalized spacial score (nSPS) is 17.5. The van der Waals surface area contributed by atoms with Crippen molar-refractivity contribution in [2.75, 3.05) is 26.7 Å². The fourth-order valence-corrected chi connectivity index (χ4v) is 5.40. The summed E-state index contributed by atoms with van der Waals surface area (Å²) in [6.07, 6.45) is 9.59. The predicted molar refractivity (Wildman–Crippen MR) is 131 cm³/mol. The number of likely N-dealkylation sites (N-methyl/N-ethyl adjacent to an activating group) is 1. The van der Waals surface area contributed by atoms with Gasteiger partial charge in [-0.2, -0.15) is 10.2 Å². The standard InChI is InChI=1S/C26H31N7/c1-31-11-8-25-23(17-31)26(30-32(25)2)21-5-3-4-19-12-24(28-14-22(19)21)20-13-29-33(16-20)15-18-6-9-27-10-7-18/h3-5,12-14,16,18,27H,6-11,15,17H2,1-2H3. The molecule has 170 valence electrons. The Morgan fingerprint density at radius 1 is 1.12 bits per heavy atom. The first-order valence-corrected chi connectivity index (χ1v) is 12.0. The number of hydrogen-bond donors (Lipinski definition) is 1. The summed E-state index contributed by atoms with van der Waals surface area (Å²) in [7, 11) is 4.25. The average molecular weight is 442 g/mol. The van der Waals surface area contributed by atoms with Crippen molar-refractivity contribution < 1.29 is 0 Å². The fourth-order valence-electron chi connectivity index (χ4n) is 5.40. The van der Waals surface area contributed by atoms with Crippen LogP contribution in [-0.4, -0.2) is 56.1 Å². The Bertz CT molecular complexity index is 1300. The molecule has 1 N–H and O–H groups in total. The Morgan fingerprint density at radius 2 is 2.00 bits per heavy atom. The molecule has 1 aromatic carbocycles. The zero-order chi connectivity index (χ0) is 22.4. The van der Waals surface area contributed by atoms with Gasteiger partial charge in [-0.05, 0) is 50.3 Å². The number of aryl methyl sites for hydroxylation is 1. The third-order valence-corrected chi connectivity index (χ3v) is 7.29. The third-order valence-electron chi connectivity index (χ3n) is 7.29. The Morgan fingerprint density at radius 3 is 2.88 bits per heavy atom. The largest absolute Gasteiger partial charge is 0.317 e. The van der Waals surface area contributed by atoms with Crippen LogP contribution in [0.3, 0.4) is 0 Å². The van der Waals surface area contributed by atoms with E-state index in [-0.39, 0.29) is 0 Å². The van der Waals surface area contributed by atoms with E-state index in [2.05, 4.69) is 69.2 Å². The van der Waals surface area contributed by atoms with E-state index in [0.717, 1.165) is 61.5 Å². The molecule has 6 rings (SSSR count). The summed E-state index contributed by atoms with van der Waals surface area (Å²) in [5, 5.41) is 15.3. The first-order chi connectivity index (χ1) is 16.2. The summed E-state index contributed by atoms with van der Waals surface area (Å²) in [6.45, 7) is 5.24. The molecule has 0 saturated carbocycles. The quantitative estimate of drug-likeness (QED) is 0.525. The van der Waals surface area contributed by atoms with E-state index in [4.69, 9.17) is 10.1 Å². The van der Waals surface area contributed by atoms with Gasteiger partial charge in [0.15, 0.2) is 0 Å². The Hall–Kier alpha value is -3.03. The maximum absolute atomic E-state index is 4.93. The summed E-state index contributed by atoms with van der Waals surface area (Å²) < 4.78 is 4.15. The van der Waals surface area contributed by atoms with Gasteiger partial charge in [0, 0.05) is 73.3 Å². The van der Waals surface area contributed by atoms with E-state index < -0.39 is 0 Å². The summed E-state index contributed by atoms with van der Waals surface area (Å²) in [6, 6.07) is 8.67. The van der Waals surface area contributed by atoms with Gasteiger partial charge in [-0.1, -0.05) is 18.2 Å². The molecule has 0 radical (unpaired) electrons. The number of benzene rings is 1. The van der Waals surface area contributed by atoms with Crippen molar-refractivity contribution in [2.45, 2.75) is 32.4 Å². The molecule has 2 aliphatic heterocycles. The monoisotopic (exact) mass is 441 g/mol. The van der Waals surface area contributed by atoms with Gasteiger partial charge in [-0.25, -0.2) is 0 Å². The van der Waals surface area contributed by atoms with Crippen LogP contribution >= 0.6 is 0 Å². The SMILES string of the molecule is CN1CCc2c(c(-c3cccc4cc(-c5cnn(CC6CCNCC6)c5)ncc34)nn2C)C1. The van der Waals surface area contributed by atoms with Crippen LogP contribution in [0.4, 0.5) is 0 Å². The highest BCUT2D eigenvalue weighted by atomic mass is 15.3. The molecular weight excluding hydrogens is 410 g/mol. The molecule has 1 fully saturated rings. The Balaban J connectivity index is 1.33. The number of aromatic nitrogens is 5. The molecule has 0 bridgehead atoms. The molecule has 33 heavy (non-hydrogen) atoms. The minimum atomic E-state index is 0.703. The maximum atomic E-state index is 4.93. The highest BCUT2D eigenvalue weighted by molar-refractivity contribution is 5.97. The van der Waals surface area contributed by atoms with E-state index in [1.807, 2.05) is 12.4 Å². The zero-order valence-electron chi connectivity index (χ0n) is 19.5. The molecule has 3 aromatic heterocycles. The second-order valence-electron chi connectivity index (χ2n) is 9.63. The molecule has 1 saturated heterocycles. The van der Waals surface area contributed by atoms with Crippen LogP contribution in [0.15, 0.2) is 42.9 Å². The summed E-state index contributed by atoms with van der Waals surface area (Å²) in [5.41, 5.74) is 7.01. The second-order valence-corrected chi connectivity index (χ2v) is 9.63. The minimum Gasteiger partial charge on any atom is -0.317 e. The van der Waals surface area contributed by atoms with Gasteiger partial charge < -0.3 is 10.2 Å². The second kappa shape index (κ2) is 8.39. The van der Waals surface area contributed by atoms with Crippen LogP contribution in [0.2, 0.25) is 0 Å². The number of pyridine rings is 1. The molecule has 0 amide bonds. The van der Waals surface area contributed by atoms with Crippen LogP contribution in [0.1, 0.15) is 24.1 Å². The highest BCUT2D eigenvalue weighted by Crippen LogP contribution is 2.34. The smallest absolute Gasteiger partial charge is 0.0977 e. The number of fused-ring (bicyclic) bond motifs is 2. The predicted octanol–water partition coefficient (Wildman–Crippen LogP) is 3.49. The molecule has 5 heterocycles. The lowest BCUT2D eigenvalue weighted by Gasteiger charge is -2.23. The molecular formula is C26H31N7. The fraction of sp³-hybridized carbons (Fsp3) is 0.423. The average Bonchev–Trinajstić information content (AvgIpc) is 3.43. The molecule has 7 heteroatoms. The van der Waals surface area contributed by atoms with Crippen molar-refractivity contribution in [3.8, 4) is 22.5 Å². The maximum Gasteiger partial charge on any atom is 0.0977 e. The molecule has 0 unspecified atom stereocenters. The van der Waals surface area contributed by atoms with Crippen LogP contribution in [0.25, 0.3) is 33.3 Å². The van der Waals surface area contributed by atoms with Crippen LogP contribution in [-0.2, 0) is 26.6 Å². The first-order valence-electron chi connectivity index (χ1n) is 12.0. The van der Waals surface area contributed by atoms with Crippen molar-refractivity contribution in [3.63, 3.8) is 0 Å². The lowest BCUT2D eigenvalue weighted by atomic mass is 9.97. The topological polar surface area (TPSA) is 63.8 Å². The van der Waals surface area contributed by atoms with Crippen LogP contribution < -0.4 is 5.32 Å². The molecule has 0 aliphatic carbocycles. The van der Waals surface area contributed by atoms with E-state index >= 15 is 0 Å². The highest BCUT2D eigenvalue weighted by Gasteiger charge is 2.24. The summed E-state index contributed by atoms with van der Waals surface area (Å²) in [5.74, 6) is 0.703. The summed E-state index contributed by atoms with van der Waals surface area (Å²) in [4.78, 5) is 7.22. The number of rotatable bonds is 4. The third kappa shape index (κ3) is 3.85. The lowest BCUT2D eigenvalue weighted by Crippen LogP contribution is -2.29. The van der Waals surface area contributed by atoms with Gasteiger partial charge in [0.1, 0.15) is 0 Å².